The SMILES string of the molecule is CCCCCCCC/C=C\CCCCCCCCN=Cc1ccc(OCC[N+](C)(C)CCCCCCCCCCCC)cc1. The van der Waals surface area contributed by atoms with Crippen LogP contribution in [0.2, 0.25) is 0 Å². The normalized spacial score (nSPS) is 12.2. The molecule has 0 aliphatic carbocycles. The Morgan fingerprint density at radius 2 is 1.00 bits per heavy atom. The van der Waals surface area contributed by atoms with Gasteiger partial charge in [-0.15, -0.1) is 0 Å². The van der Waals surface area contributed by atoms with E-state index in [1.54, 1.807) is 0 Å². The number of hydrogen-bond donors (Lipinski definition) is 0. The van der Waals surface area contributed by atoms with Gasteiger partial charge in [0.15, 0.2) is 0 Å². The van der Waals surface area contributed by atoms with Crippen LogP contribution < -0.4 is 4.74 Å². The average Bonchev–Trinajstić information content (AvgIpc) is 3.02. The molecule has 0 bridgehead atoms. The van der Waals surface area contributed by atoms with Crippen LogP contribution in [-0.4, -0.2) is 51.0 Å². The van der Waals surface area contributed by atoms with Crippen molar-refractivity contribution in [2.75, 3.05) is 40.3 Å². The summed E-state index contributed by atoms with van der Waals surface area (Å²) < 4.78 is 7.11. The maximum absolute atomic E-state index is 6.07. The van der Waals surface area contributed by atoms with E-state index in [1.165, 1.54) is 166 Å². The molecule has 0 atom stereocenters. The smallest absolute Gasteiger partial charge is 0.137 e. The second-order valence-corrected chi connectivity index (χ2v) is 14.0. The lowest BCUT2D eigenvalue weighted by atomic mass is 10.1. The minimum absolute atomic E-state index is 0.772. The van der Waals surface area contributed by atoms with Gasteiger partial charge in [-0.1, -0.05) is 135 Å². The zero-order valence-electron chi connectivity index (χ0n) is 30.1. The van der Waals surface area contributed by atoms with E-state index in [1.807, 2.05) is 6.21 Å². The molecule has 3 nitrogen and oxygen atoms in total. The van der Waals surface area contributed by atoms with Crippen LogP contribution in [0.5, 0.6) is 5.75 Å². The first-order valence-corrected chi connectivity index (χ1v) is 19.3. The Morgan fingerprint density at radius 3 is 1.52 bits per heavy atom. The Morgan fingerprint density at radius 1 is 0.545 bits per heavy atom. The van der Waals surface area contributed by atoms with Crippen LogP contribution in [0.4, 0.5) is 0 Å². The molecule has 0 amide bonds. The van der Waals surface area contributed by atoms with E-state index in [-0.39, 0.29) is 0 Å². The zero-order valence-corrected chi connectivity index (χ0v) is 30.1. The van der Waals surface area contributed by atoms with E-state index in [9.17, 15) is 0 Å². The number of benzene rings is 1. The Bertz CT molecular complexity index is 782. The van der Waals surface area contributed by atoms with Crippen LogP contribution >= 0.6 is 0 Å². The molecule has 3 heteroatoms. The number of likely N-dealkylation sites (N-methyl/N-ethyl adjacent to an activating group) is 1. The fourth-order valence-electron chi connectivity index (χ4n) is 5.82. The molecule has 0 aromatic heterocycles. The van der Waals surface area contributed by atoms with Crippen molar-refractivity contribution in [2.45, 2.75) is 168 Å². The van der Waals surface area contributed by atoms with E-state index in [4.69, 9.17) is 4.74 Å². The Labute approximate surface area is 275 Å². The molecule has 0 unspecified atom stereocenters. The summed E-state index contributed by atoms with van der Waals surface area (Å²) in [5, 5.41) is 0. The Balaban J connectivity index is 1.98. The van der Waals surface area contributed by atoms with E-state index in [0.717, 1.165) is 29.9 Å². The summed E-state index contributed by atoms with van der Waals surface area (Å²) in [6, 6.07) is 8.44. The van der Waals surface area contributed by atoms with E-state index in [2.05, 4.69) is 69.4 Å². The van der Waals surface area contributed by atoms with Crippen molar-refractivity contribution in [3.8, 4) is 5.75 Å². The summed E-state index contributed by atoms with van der Waals surface area (Å²) in [5.41, 5.74) is 1.17. The van der Waals surface area contributed by atoms with Gasteiger partial charge in [0.25, 0.3) is 0 Å². The number of aliphatic imine (C=N–C) groups is 1. The van der Waals surface area contributed by atoms with Gasteiger partial charge in [-0.2, -0.15) is 0 Å². The molecular weight excluding hydrogens is 536 g/mol. The van der Waals surface area contributed by atoms with Crippen molar-refractivity contribution in [1.82, 2.24) is 0 Å². The van der Waals surface area contributed by atoms with Crippen LogP contribution in [0.3, 0.4) is 0 Å². The van der Waals surface area contributed by atoms with Gasteiger partial charge in [0.2, 0.25) is 0 Å². The molecule has 0 radical (unpaired) electrons. The van der Waals surface area contributed by atoms with Gasteiger partial charge < -0.3 is 9.22 Å². The summed E-state index contributed by atoms with van der Waals surface area (Å²) in [5.74, 6) is 0.967. The second-order valence-electron chi connectivity index (χ2n) is 14.0. The lowest BCUT2D eigenvalue weighted by Gasteiger charge is -2.29. The van der Waals surface area contributed by atoms with Gasteiger partial charge >= 0.3 is 0 Å². The van der Waals surface area contributed by atoms with Crippen LogP contribution in [0.25, 0.3) is 0 Å². The maximum Gasteiger partial charge on any atom is 0.137 e. The lowest BCUT2D eigenvalue weighted by molar-refractivity contribution is -0.890. The standard InChI is InChI=1S/C41H75N2O/c1-5-7-9-11-13-15-17-18-19-20-21-22-23-25-27-29-35-42-39-40-31-33-41(34-32-40)44-38-37-43(3,4)36-30-28-26-24-16-14-12-10-8-6-2/h18-19,31-34,39H,5-17,20-30,35-38H2,1-4H3/q+1/b19-18-,42-39?. The summed E-state index contributed by atoms with van der Waals surface area (Å²) in [6.07, 6.45) is 39.7. The zero-order chi connectivity index (χ0) is 31.8. The monoisotopic (exact) mass is 612 g/mol. The van der Waals surface area contributed by atoms with Crippen molar-refractivity contribution in [3.63, 3.8) is 0 Å². The molecule has 0 spiro atoms. The van der Waals surface area contributed by atoms with E-state index < -0.39 is 0 Å². The van der Waals surface area contributed by atoms with Gasteiger partial charge in [0, 0.05) is 12.8 Å². The highest BCUT2D eigenvalue weighted by molar-refractivity contribution is 5.79. The second kappa shape index (κ2) is 30.1. The van der Waals surface area contributed by atoms with Crippen molar-refractivity contribution in [3.05, 3.63) is 42.0 Å². The predicted octanol–water partition coefficient (Wildman–Crippen LogP) is 12.5. The fourth-order valence-corrected chi connectivity index (χ4v) is 5.82. The van der Waals surface area contributed by atoms with Crippen molar-refractivity contribution < 1.29 is 9.22 Å². The first-order valence-electron chi connectivity index (χ1n) is 19.3. The predicted molar refractivity (Wildman–Crippen MR) is 198 cm³/mol. The number of allylic oxidation sites excluding steroid dienone is 2. The molecule has 0 heterocycles. The minimum Gasteiger partial charge on any atom is -0.488 e. The topological polar surface area (TPSA) is 21.6 Å². The summed E-state index contributed by atoms with van der Waals surface area (Å²) in [6.45, 7) is 8.58. The van der Waals surface area contributed by atoms with Crippen LogP contribution in [0, 0.1) is 0 Å². The maximum atomic E-state index is 6.07. The third-order valence-electron chi connectivity index (χ3n) is 9.00. The first-order chi connectivity index (χ1) is 21.6. The minimum atomic E-state index is 0.772. The Hall–Kier alpha value is -1.61. The third kappa shape index (κ3) is 26.8. The number of unbranched alkanes of at least 4 members (excludes halogenated alkanes) is 21. The summed E-state index contributed by atoms with van der Waals surface area (Å²) in [4.78, 5) is 4.66. The highest BCUT2D eigenvalue weighted by atomic mass is 16.5. The number of rotatable bonds is 32. The van der Waals surface area contributed by atoms with Crippen LogP contribution in [-0.2, 0) is 0 Å². The number of nitrogens with zero attached hydrogens (tertiary/aromatic N) is 2. The highest BCUT2D eigenvalue weighted by Gasteiger charge is 2.14. The quantitative estimate of drug-likeness (QED) is 0.0344. The number of ether oxygens (including phenoxy) is 1. The van der Waals surface area contributed by atoms with E-state index >= 15 is 0 Å². The van der Waals surface area contributed by atoms with Gasteiger partial charge in [-0.25, -0.2) is 0 Å². The van der Waals surface area contributed by atoms with Gasteiger partial charge in [-0.3, -0.25) is 4.99 Å². The molecule has 0 aliphatic heterocycles. The first kappa shape index (κ1) is 40.4. The van der Waals surface area contributed by atoms with Gasteiger partial charge in [-0.05, 0) is 74.8 Å². The van der Waals surface area contributed by atoms with Crippen molar-refractivity contribution >= 4 is 6.21 Å². The summed E-state index contributed by atoms with van der Waals surface area (Å²) >= 11 is 0. The summed E-state index contributed by atoms with van der Waals surface area (Å²) in [7, 11) is 4.68. The molecule has 1 aromatic carbocycles. The van der Waals surface area contributed by atoms with Crippen molar-refractivity contribution in [1.29, 1.82) is 0 Å². The number of hydrogen-bond acceptors (Lipinski definition) is 2. The third-order valence-corrected chi connectivity index (χ3v) is 9.00. The molecule has 1 rings (SSSR count). The van der Waals surface area contributed by atoms with Crippen molar-refractivity contribution in [2.24, 2.45) is 4.99 Å². The Kier molecular flexibility index (Phi) is 27.6. The molecule has 0 N–H and O–H groups in total. The molecule has 1 aromatic rings. The molecule has 0 saturated heterocycles. The number of quaternary nitrogens is 1. The highest BCUT2D eigenvalue weighted by Crippen LogP contribution is 2.14. The fraction of sp³-hybridized carbons (Fsp3) is 0.780. The molecule has 0 saturated carbocycles. The van der Waals surface area contributed by atoms with Gasteiger partial charge in [0.1, 0.15) is 18.9 Å². The molecule has 44 heavy (non-hydrogen) atoms. The van der Waals surface area contributed by atoms with Gasteiger partial charge in [0.05, 0.1) is 20.6 Å². The molecule has 0 fully saturated rings. The largest absolute Gasteiger partial charge is 0.488 e. The molecule has 254 valence electrons. The van der Waals surface area contributed by atoms with Crippen LogP contribution in [0.1, 0.15) is 174 Å². The van der Waals surface area contributed by atoms with E-state index in [0.29, 0.717) is 0 Å². The lowest BCUT2D eigenvalue weighted by Crippen LogP contribution is -2.43. The average molecular weight is 612 g/mol. The molecular formula is C41H75N2O+. The molecule has 0 aliphatic rings. The van der Waals surface area contributed by atoms with Crippen LogP contribution in [0.15, 0.2) is 41.4 Å².